The Morgan fingerprint density at radius 3 is 2.06 bits per heavy atom. The van der Waals surface area contributed by atoms with Gasteiger partial charge >= 0.3 is 6.03 Å². The third kappa shape index (κ3) is 10.0. The maximum atomic E-state index is 14.4. The van der Waals surface area contributed by atoms with Gasteiger partial charge in [-0.3, -0.25) is 19.2 Å². The number of rotatable bonds is 16. The minimum Gasteiger partial charge on any atom is -0.346 e. The van der Waals surface area contributed by atoms with Crippen LogP contribution >= 0.6 is 0 Å². The topological polar surface area (TPSA) is 177 Å². The Kier molecular flexibility index (Phi) is 13.7. The van der Waals surface area contributed by atoms with Crippen molar-refractivity contribution in [1.82, 2.24) is 34.8 Å². The number of piperidine rings is 1. The molecule has 0 aromatic carbocycles. The summed E-state index contributed by atoms with van der Waals surface area (Å²) in [6.07, 6.45) is 3.08. The summed E-state index contributed by atoms with van der Waals surface area (Å²) >= 11 is 0. The molecule has 5 amide bonds. The lowest BCUT2D eigenvalue weighted by atomic mass is 9.85. The summed E-state index contributed by atoms with van der Waals surface area (Å²) in [6.45, 7) is 21.0. The van der Waals surface area contributed by atoms with Crippen LogP contribution in [0.15, 0.2) is 12.7 Å². The predicted octanol–water partition coefficient (Wildman–Crippen LogP) is 1.88. The van der Waals surface area contributed by atoms with Gasteiger partial charge in [0.25, 0.3) is 16.1 Å². The Bertz CT molecular complexity index is 1370. The molecule has 2 aliphatic rings. The summed E-state index contributed by atoms with van der Waals surface area (Å²) in [5.74, 6) is -2.64. The lowest BCUT2D eigenvalue weighted by Crippen LogP contribution is -2.62. The molecule has 0 spiro atoms. The van der Waals surface area contributed by atoms with Crippen LogP contribution in [0.5, 0.6) is 0 Å². The van der Waals surface area contributed by atoms with E-state index in [1.165, 1.54) is 36.4 Å². The van der Waals surface area contributed by atoms with Crippen molar-refractivity contribution in [1.29, 1.82) is 0 Å². The summed E-state index contributed by atoms with van der Waals surface area (Å²) in [7, 11) is 0.554. The maximum absolute atomic E-state index is 14.4. The van der Waals surface area contributed by atoms with Crippen LogP contribution in [-0.4, -0.2) is 116 Å². The first-order valence-corrected chi connectivity index (χ1v) is 18.5. The average Bonchev–Trinajstić information content (AvgIpc) is 3.29. The first kappa shape index (κ1) is 42.1. The number of carbonyl (C=O) groups is 5. The van der Waals surface area contributed by atoms with Crippen molar-refractivity contribution in [3.05, 3.63) is 12.7 Å². The molecule has 6 atom stereocenters. The molecule has 4 N–H and O–H groups in total. The number of Topliss-reactive ketones (excluding diaryl/α,β-unsaturated/α-hetero) is 1. The van der Waals surface area contributed by atoms with E-state index in [1.54, 1.807) is 0 Å². The number of amides is 5. The van der Waals surface area contributed by atoms with E-state index in [4.69, 9.17) is 0 Å². The van der Waals surface area contributed by atoms with Crippen LogP contribution in [0.4, 0.5) is 4.79 Å². The van der Waals surface area contributed by atoms with Crippen LogP contribution in [0.1, 0.15) is 81.6 Å². The van der Waals surface area contributed by atoms with Crippen LogP contribution in [0, 0.1) is 28.1 Å². The minimum absolute atomic E-state index is 0.0120. The lowest BCUT2D eigenvalue weighted by Gasteiger charge is -2.39. The van der Waals surface area contributed by atoms with Crippen LogP contribution < -0.4 is 21.3 Å². The highest BCUT2D eigenvalue weighted by atomic mass is 32.2. The van der Waals surface area contributed by atoms with E-state index in [9.17, 15) is 32.4 Å². The highest BCUT2D eigenvalue weighted by Gasteiger charge is 2.70. The van der Waals surface area contributed by atoms with E-state index < -0.39 is 74.7 Å². The molecule has 1 saturated carbocycles. The van der Waals surface area contributed by atoms with Crippen molar-refractivity contribution in [3.63, 3.8) is 0 Å². The number of hydrogen-bond donors (Lipinski definition) is 4. The molecule has 0 radical (unpaired) electrons. The Balaban J connectivity index is 2.35. The molecule has 1 heterocycles. The zero-order valence-electron chi connectivity index (χ0n) is 31.6. The summed E-state index contributed by atoms with van der Waals surface area (Å²) in [5, 5.41) is 11.0. The molecule has 1 aliphatic heterocycles. The Hall–Kier alpha value is -3.04. The molecule has 2 unspecified atom stereocenters. The Morgan fingerprint density at radius 2 is 1.57 bits per heavy atom. The van der Waals surface area contributed by atoms with E-state index in [1.807, 2.05) is 62.3 Å². The van der Waals surface area contributed by atoms with E-state index in [0.29, 0.717) is 13.0 Å². The molecule has 14 nitrogen and oxygen atoms in total. The van der Waals surface area contributed by atoms with Gasteiger partial charge in [0.15, 0.2) is 0 Å². The van der Waals surface area contributed by atoms with Gasteiger partial charge in [0, 0.05) is 46.8 Å². The standard InChI is InChI=1S/C34H61N7O7S/c1-14-16-17-22(26(42)29(44)35-18-15-2)36-28(43)25-24-21(34(24,9)10)19-41(25)30(45)27(33(6,7)8)38-31(46)37-23(32(3,4)5)20-40(13)49(47,48)39(11)12/h15,21-25,27H,2,14,16-20H2,1,3-13H3,(H,35,44)(H,36,43)(H2,37,38,46)/t21-,22?,23+,24-,25?,27+/m0/s1. The van der Waals surface area contributed by atoms with Crippen LogP contribution in [-0.2, 0) is 29.4 Å². The second-order valence-corrected chi connectivity index (χ2v) is 18.6. The summed E-state index contributed by atoms with van der Waals surface area (Å²) < 4.78 is 27.7. The van der Waals surface area contributed by atoms with Crippen molar-refractivity contribution in [2.45, 2.75) is 106 Å². The van der Waals surface area contributed by atoms with E-state index >= 15 is 0 Å². The molecular formula is C34H61N7O7S. The van der Waals surface area contributed by atoms with Gasteiger partial charge < -0.3 is 26.2 Å². The quantitative estimate of drug-likeness (QED) is 0.140. The monoisotopic (exact) mass is 711 g/mol. The normalized spacial score (nSPS) is 22.1. The molecule has 15 heteroatoms. The SMILES string of the molecule is C=CCNC(=O)C(=O)C(CCCC)NC(=O)C1[C@@H]2[C@H](CN1C(=O)[C@@H](NC(=O)N[C@H](CN(C)S(=O)(=O)N(C)C)C(C)(C)C)C(C)(C)C)C2(C)C. The molecule has 0 aromatic rings. The average molecular weight is 712 g/mol. The number of fused-ring (bicyclic) bond motifs is 1. The smallest absolute Gasteiger partial charge is 0.315 e. The van der Waals surface area contributed by atoms with E-state index in [0.717, 1.165) is 10.7 Å². The zero-order valence-corrected chi connectivity index (χ0v) is 32.4. The van der Waals surface area contributed by atoms with Crippen molar-refractivity contribution in [2.75, 3.05) is 40.8 Å². The van der Waals surface area contributed by atoms with Crippen molar-refractivity contribution in [2.24, 2.45) is 28.1 Å². The van der Waals surface area contributed by atoms with Gasteiger partial charge in [0.05, 0.1) is 6.04 Å². The number of likely N-dealkylation sites (N-methyl/N-ethyl adjacent to an activating group) is 1. The molecule has 0 aromatic heterocycles. The zero-order chi connectivity index (χ0) is 37.9. The number of carbonyl (C=O) groups excluding carboxylic acids is 5. The van der Waals surface area contributed by atoms with E-state index in [-0.39, 0.29) is 36.8 Å². The third-order valence-corrected chi connectivity index (χ3v) is 11.8. The number of urea groups is 1. The van der Waals surface area contributed by atoms with Gasteiger partial charge in [-0.2, -0.15) is 17.0 Å². The fraction of sp³-hybridized carbons (Fsp3) is 0.794. The van der Waals surface area contributed by atoms with Crippen LogP contribution in [0.3, 0.4) is 0 Å². The number of nitrogens with one attached hydrogen (secondary N) is 4. The molecular weight excluding hydrogens is 650 g/mol. The molecule has 1 aliphatic carbocycles. The molecule has 2 rings (SSSR count). The Morgan fingerprint density at radius 1 is 0.980 bits per heavy atom. The molecule has 0 bridgehead atoms. The highest BCUT2D eigenvalue weighted by molar-refractivity contribution is 7.86. The molecule has 280 valence electrons. The molecule has 2 fully saturated rings. The van der Waals surface area contributed by atoms with Gasteiger partial charge in [-0.05, 0) is 34.5 Å². The van der Waals surface area contributed by atoms with E-state index in [2.05, 4.69) is 27.8 Å². The largest absolute Gasteiger partial charge is 0.346 e. The first-order valence-electron chi connectivity index (χ1n) is 17.1. The number of likely N-dealkylation sites (tertiary alicyclic amines) is 1. The minimum atomic E-state index is -3.74. The van der Waals surface area contributed by atoms with Gasteiger partial charge in [0.1, 0.15) is 12.1 Å². The number of hydrogen-bond acceptors (Lipinski definition) is 7. The third-order valence-electron chi connectivity index (χ3n) is 9.90. The van der Waals surface area contributed by atoms with Gasteiger partial charge in [-0.25, -0.2) is 4.79 Å². The predicted molar refractivity (Wildman–Crippen MR) is 189 cm³/mol. The van der Waals surface area contributed by atoms with Crippen LogP contribution in [0.2, 0.25) is 0 Å². The van der Waals surface area contributed by atoms with Crippen molar-refractivity contribution in [3.8, 4) is 0 Å². The summed E-state index contributed by atoms with van der Waals surface area (Å²) in [4.78, 5) is 69.1. The second kappa shape index (κ2) is 15.9. The van der Waals surface area contributed by atoms with Gasteiger partial charge in [0.2, 0.25) is 17.6 Å². The van der Waals surface area contributed by atoms with Crippen molar-refractivity contribution < 1.29 is 32.4 Å². The number of ketones is 1. The number of nitrogens with zero attached hydrogens (tertiary/aromatic N) is 3. The number of unbranched alkanes of at least 4 members (excludes halogenated alkanes) is 1. The second-order valence-electron chi connectivity index (χ2n) is 16.4. The fourth-order valence-corrected chi connectivity index (χ4v) is 7.36. The first-order chi connectivity index (χ1) is 22.3. The lowest BCUT2D eigenvalue weighted by molar-refractivity contribution is -0.145. The molecule has 1 saturated heterocycles. The van der Waals surface area contributed by atoms with Gasteiger partial charge in [-0.1, -0.05) is 81.2 Å². The van der Waals surface area contributed by atoms with Crippen LogP contribution in [0.25, 0.3) is 0 Å². The molecule has 49 heavy (non-hydrogen) atoms. The van der Waals surface area contributed by atoms with Crippen molar-refractivity contribution >= 4 is 39.7 Å². The summed E-state index contributed by atoms with van der Waals surface area (Å²) in [5.41, 5.74) is -1.54. The summed E-state index contributed by atoms with van der Waals surface area (Å²) in [6, 6.07) is -4.27. The van der Waals surface area contributed by atoms with Gasteiger partial charge in [-0.15, -0.1) is 6.58 Å². The Labute approximate surface area is 293 Å². The highest BCUT2D eigenvalue weighted by Crippen LogP contribution is 2.65. The fourth-order valence-electron chi connectivity index (χ4n) is 6.47. The maximum Gasteiger partial charge on any atom is 0.315 e.